The van der Waals surface area contributed by atoms with E-state index in [9.17, 15) is 0 Å². The summed E-state index contributed by atoms with van der Waals surface area (Å²) >= 11 is 2.53. The van der Waals surface area contributed by atoms with Crippen LogP contribution in [-0.2, 0) is 0 Å². The molecule has 2 heteroatoms. The molecule has 0 aromatic rings. The third-order valence-electron chi connectivity index (χ3n) is 2.23. The third kappa shape index (κ3) is 6.21. The number of alkyl halides is 1. The van der Waals surface area contributed by atoms with E-state index in [2.05, 4.69) is 56.1 Å². The molecule has 2 unspecified atom stereocenters. The van der Waals surface area contributed by atoms with Crippen molar-refractivity contribution in [2.75, 3.05) is 0 Å². The Morgan fingerprint density at radius 3 is 2.50 bits per heavy atom. The van der Waals surface area contributed by atoms with E-state index in [4.69, 9.17) is 0 Å². The summed E-state index contributed by atoms with van der Waals surface area (Å²) in [6, 6.07) is 0. The van der Waals surface area contributed by atoms with Crippen molar-refractivity contribution in [1.29, 1.82) is 0 Å². The van der Waals surface area contributed by atoms with Gasteiger partial charge in [0.1, 0.15) is 0 Å². The molecule has 0 amide bonds. The van der Waals surface area contributed by atoms with E-state index in [0.29, 0.717) is 0 Å². The molecular weight excluding hydrogens is 258 g/mol. The zero-order chi connectivity index (χ0) is 9.40. The molecule has 0 radical (unpaired) electrons. The van der Waals surface area contributed by atoms with Gasteiger partial charge in [0.15, 0.2) is 0 Å². The maximum absolute atomic E-state index is 2.53. The molecule has 0 bridgehead atoms. The van der Waals surface area contributed by atoms with Gasteiger partial charge in [0, 0.05) is 0 Å². The molecule has 0 N–H and O–H groups in total. The van der Waals surface area contributed by atoms with Gasteiger partial charge in [-0.3, -0.25) is 0 Å². The van der Waals surface area contributed by atoms with E-state index in [1.807, 2.05) is 0 Å². The summed E-state index contributed by atoms with van der Waals surface area (Å²) in [4.78, 5) is 0. The molecule has 2 atom stereocenters. The first-order valence-electron chi connectivity index (χ1n) is 5.01. The van der Waals surface area contributed by atoms with Gasteiger partial charge in [0.05, 0.1) is 0 Å². The molecule has 0 spiro atoms. The predicted molar refractivity (Wildman–Crippen MR) is 68.8 cm³/mol. The van der Waals surface area contributed by atoms with Gasteiger partial charge in [0.25, 0.3) is 0 Å². The molecule has 0 rings (SSSR count). The first-order chi connectivity index (χ1) is 5.74. The van der Waals surface area contributed by atoms with Gasteiger partial charge in [-0.2, -0.15) is 0 Å². The molecule has 0 aromatic heterocycles. The van der Waals surface area contributed by atoms with Crippen molar-refractivity contribution in [1.82, 2.24) is 0 Å². The zero-order valence-corrected chi connectivity index (χ0v) is 10.7. The predicted octanol–water partition coefficient (Wildman–Crippen LogP) is 3.56. The van der Waals surface area contributed by atoms with Crippen LogP contribution in [0, 0.1) is 5.92 Å². The molecule has 12 heavy (non-hydrogen) atoms. The number of rotatable bonds is 6. The molecule has 0 aliphatic carbocycles. The Balaban J connectivity index is 3.68. The fraction of sp³-hybridized carbons (Fsp3) is 0.900. The molecule has 0 saturated heterocycles. The van der Waals surface area contributed by atoms with E-state index in [-0.39, 0.29) is 0 Å². The van der Waals surface area contributed by atoms with Gasteiger partial charge in [-0.1, -0.05) is 0 Å². The number of hydrogen-bond acceptors (Lipinski definition) is 0. The second-order valence-electron chi connectivity index (χ2n) is 3.34. The standard InChI is InChI=1S/C10H20BI/c1-4-6-9(5-2)7-10(12)8-11-3/h8-10H,4-7H2,1-3H3. The van der Waals surface area contributed by atoms with Crippen LogP contribution in [0.15, 0.2) is 0 Å². The molecule has 0 saturated carbocycles. The summed E-state index contributed by atoms with van der Waals surface area (Å²) in [5, 5.41) is 0. The van der Waals surface area contributed by atoms with Crippen molar-refractivity contribution < 1.29 is 0 Å². The van der Waals surface area contributed by atoms with Gasteiger partial charge in [-0.25, -0.2) is 0 Å². The first-order valence-corrected chi connectivity index (χ1v) is 6.26. The Morgan fingerprint density at radius 1 is 1.42 bits per heavy atom. The molecular formula is C10H20BI. The van der Waals surface area contributed by atoms with Crippen LogP contribution in [0.5, 0.6) is 0 Å². The minimum absolute atomic E-state index is 0.740. The average molecular weight is 278 g/mol. The topological polar surface area (TPSA) is 0 Å². The second-order valence-corrected chi connectivity index (χ2v) is 4.94. The number of hydrogen-bond donors (Lipinski definition) is 0. The van der Waals surface area contributed by atoms with Crippen LogP contribution in [0.2, 0.25) is 6.82 Å². The summed E-state index contributed by atoms with van der Waals surface area (Å²) in [5.41, 5.74) is 0. The maximum atomic E-state index is 2.53. The second kappa shape index (κ2) is 8.27. The Labute approximate surface area is 91.6 Å². The van der Waals surface area contributed by atoms with Crippen LogP contribution in [0.1, 0.15) is 39.5 Å². The van der Waals surface area contributed by atoms with Crippen molar-refractivity contribution in [2.45, 2.75) is 50.3 Å². The van der Waals surface area contributed by atoms with Gasteiger partial charge < -0.3 is 0 Å². The number of halogens is 1. The Hall–Kier alpha value is 0.665. The summed E-state index contributed by atoms with van der Waals surface area (Å²) in [6.45, 7) is 8.85. The van der Waals surface area contributed by atoms with E-state index >= 15 is 0 Å². The Bertz CT molecular complexity index is 123. The molecule has 0 heterocycles. The Kier molecular flexibility index (Phi) is 8.73. The SMILES string of the molecule is CB=CC(I)CC(CC)CCC. The van der Waals surface area contributed by atoms with Crippen molar-refractivity contribution in [3.63, 3.8) is 0 Å². The van der Waals surface area contributed by atoms with Gasteiger partial charge in [-0.15, -0.1) is 0 Å². The monoisotopic (exact) mass is 278 g/mol. The molecule has 0 aliphatic heterocycles. The van der Waals surface area contributed by atoms with Crippen molar-refractivity contribution >= 4 is 35.5 Å². The van der Waals surface area contributed by atoms with Gasteiger partial charge in [0.2, 0.25) is 0 Å². The van der Waals surface area contributed by atoms with Gasteiger partial charge in [-0.05, 0) is 0 Å². The fourth-order valence-electron chi connectivity index (χ4n) is 1.50. The summed E-state index contributed by atoms with van der Waals surface area (Å²) in [5.74, 6) is 3.24. The zero-order valence-electron chi connectivity index (χ0n) is 8.52. The van der Waals surface area contributed by atoms with E-state index < -0.39 is 0 Å². The van der Waals surface area contributed by atoms with Crippen molar-refractivity contribution in [3.05, 3.63) is 0 Å². The van der Waals surface area contributed by atoms with E-state index in [1.165, 1.54) is 25.7 Å². The van der Waals surface area contributed by atoms with Crippen LogP contribution >= 0.6 is 22.6 Å². The Morgan fingerprint density at radius 2 is 2.08 bits per heavy atom. The molecule has 0 aliphatic rings. The van der Waals surface area contributed by atoms with E-state index in [1.54, 1.807) is 0 Å². The van der Waals surface area contributed by atoms with Crippen LogP contribution in [0.3, 0.4) is 0 Å². The van der Waals surface area contributed by atoms with E-state index in [0.717, 1.165) is 9.84 Å². The van der Waals surface area contributed by atoms with Crippen molar-refractivity contribution in [2.24, 2.45) is 5.92 Å². The third-order valence-corrected chi connectivity index (χ3v) is 3.16. The van der Waals surface area contributed by atoms with Crippen molar-refractivity contribution in [3.8, 4) is 0 Å². The summed E-state index contributed by atoms with van der Waals surface area (Å²) < 4.78 is 0.740. The molecule has 0 aromatic carbocycles. The van der Waals surface area contributed by atoms with Crippen LogP contribution in [0.4, 0.5) is 0 Å². The first kappa shape index (κ1) is 12.7. The average Bonchev–Trinajstić information content (AvgIpc) is 2.04. The minimum atomic E-state index is 0.740. The quantitative estimate of drug-likeness (QED) is 0.396. The molecule has 70 valence electrons. The van der Waals surface area contributed by atoms with Crippen LogP contribution in [-0.4, -0.2) is 16.8 Å². The summed E-state index contributed by atoms with van der Waals surface area (Å²) in [6.07, 6.45) is 5.42. The summed E-state index contributed by atoms with van der Waals surface area (Å²) in [7, 11) is 0. The fourth-order valence-corrected chi connectivity index (χ4v) is 2.64. The van der Waals surface area contributed by atoms with Crippen LogP contribution < -0.4 is 0 Å². The van der Waals surface area contributed by atoms with Crippen LogP contribution in [0.25, 0.3) is 0 Å². The van der Waals surface area contributed by atoms with Gasteiger partial charge >= 0.3 is 91.7 Å². The molecule has 0 fully saturated rings. The molecule has 0 nitrogen and oxygen atoms in total. The normalized spacial score (nSPS) is 16.0.